The number of aromatic nitrogens is 1. The second kappa shape index (κ2) is 12.2. The fourth-order valence-electron chi connectivity index (χ4n) is 3.18. The van der Waals surface area contributed by atoms with Gasteiger partial charge in [-0.15, -0.1) is 11.3 Å². The monoisotopic (exact) mass is 534 g/mol. The molecule has 0 bridgehead atoms. The Balaban J connectivity index is 0.000000454. The Morgan fingerprint density at radius 3 is 2.31 bits per heavy atom. The first-order chi connectivity index (χ1) is 17.2. The maximum absolute atomic E-state index is 11.8. The van der Waals surface area contributed by atoms with Crippen LogP contribution in [-0.2, 0) is 14.9 Å². The molecule has 0 saturated heterocycles. The van der Waals surface area contributed by atoms with Crippen molar-refractivity contribution in [3.63, 3.8) is 0 Å². The van der Waals surface area contributed by atoms with E-state index in [1.807, 2.05) is 0 Å². The molecule has 5 N–H and O–H groups in total. The molecule has 2 heterocycles. The molecular weight excluding hydrogens is 508 g/mol. The van der Waals surface area contributed by atoms with Crippen molar-refractivity contribution in [1.29, 1.82) is 0 Å². The summed E-state index contributed by atoms with van der Waals surface area (Å²) in [5, 5.41) is 31.6. The van der Waals surface area contributed by atoms with E-state index in [0.29, 0.717) is 45.3 Å². The quantitative estimate of drug-likeness (QED) is 0.165. The molecule has 0 spiro atoms. The van der Waals surface area contributed by atoms with Gasteiger partial charge in [-0.25, -0.2) is 10.4 Å². The van der Waals surface area contributed by atoms with Crippen molar-refractivity contribution >= 4 is 49.0 Å². The summed E-state index contributed by atoms with van der Waals surface area (Å²) in [5.74, 6) is -0.317. The molecule has 1 aliphatic rings. The third-order valence-corrected chi connectivity index (χ3v) is 7.24. The number of fused-ring (bicyclic) bond motifs is 1. The van der Waals surface area contributed by atoms with E-state index in [9.17, 15) is 17.8 Å². The molecule has 2 aromatic carbocycles. The first-order valence-electron chi connectivity index (χ1n) is 10.8. The number of hydrogen-bond donors (Lipinski definition) is 5. The fraction of sp³-hybridized carbons (Fsp3) is 0.318. The Kier molecular flexibility index (Phi) is 9.31. The van der Waals surface area contributed by atoms with Crippen LogP contribution in [-0.4, -0.2) is 72.1 Å². The molecule has 1 unspecified atom stereocenters. The van der Waals surface area contributed by atoms with E-state index >= 15 is 0 Å². The summed E-state index contributed by atoms with van der Waals surface area (Å²) in [7, 11) is -4.36. The van der Waals surface area contributed by atoms with E-state index in [0.717, 1.165) is 5.56 Å². The largest absolute Gasteiger partial charge is 0.395 e. The van der Waals surface area contributed by atoms with Gasteiger partial charge in [-0.05, 0) is 49.7 Å². The van der Waals surface area contributed by atoms with E-state index in [1.165, 1.54) is 11.3 Å². The number of carbonyl (C=O) groups excluding carboxylic acids is 1. The Bertz CT molecular complexity index is 1380. The van der Waals surface area contributed by atoms with Crippen LogP contribution >= 0.6 is 11.3 Å². The van der Waals surface area contributed by atoms with Crippen molar-refractivity contribution in [2.45, 2.75) is 24.8 Å². The lowest BCUT2D eigenvalue weighted by Crippen LogP contribution is -2.25. The average molecular weight is 535 g/mol. The normalized spacial score (nSPS) is 15.6. The van der Waals surface area contributed by atoms with Crippen LogP contribution in [0.3, 0.4) is 0 Å². The van der Waals surface area contributed by atoms with Gasteiger partial charge in [0.15, 0.2) is 6.04 Å². The predicted molar refractivity (Wildman–Crippen MR) is 136 cm³/mol. The number of thiazole rings is 1. The lowest BCUT2D eigenvalue weighted by Gasteiger charge is -2.02. The summed E-state index contributed by atoms with van der Waals surface area (Å²) in [6, 6.07) is 9.62. The van der Waals surface area contributed by atoms with E-state index in [2.05, 4.69) is 31.1 Å². The number of aliphatic hydroxyl groups is 2. The summed E-state index contributed by atoms with van der Waals surface area (Å²) in [6.45, 7) is 4.74. The number of amides is 1. The molecule has 192 valence electrons. The van der Waals surface area contributed by atoms with E-state index in [-0.39, 0.29) is 24.0 Å². The van der Waals surface area contributed by atoms with Gasteiger partial charge in [-0.1, -0.05) is 6.07 Å². The van der Waals surface area contributed by atoms with Crippen molar-refractivity contribution in [3.8, 4) is 10.6 Å². The number of benzene rings is 2. The maximum Gasteiger partial charge on any atom is 0.296 e. The molecule has 0 aliphatic carbocycles. The van der Waals surface area contributed by atoms with Gasteiger partial charge in [0.1, 0.15) is 9.90 Å². The molecule has 1 aliphatic heterocycles. The minimum Gasteiger partial charge on any atom is -0.395 e. The van der Waals surface area contributed by atoms with Gasteiger partial charge in [0.25, 0.3) is 16.0 Å². The molecule has 12 nitrogen and oxygen atoms in total. The molecule has 36 heavy (non-hydrogen) atoms. The minimum absolute atomic E-state index is 0.115. The maximum atomic E-state index is 11.8. The van der Waals surface area contributed by atoms with Gasteiger partial charge < -0.3 is 15.5 Å². The van der Waals surface area contributed by atoms with Crippen molar-refractivity contribution in [1.82, 2.24) is 15.7 Å². The average Bonchev–Trinajstić information content (AvgIpc) is 3.40. The Morgan fingerprint density at radius 2 is 1.75 bits per heavy atom. The van der Waals surface area contributed by atoms with E-state index in [1.54, 1.807) is 50.2 Å². The van der Waals surface area contributed by atoms with Crippen molar-refractivity contribution < 1.29 is 28.0 Å². The Morgan fingerprint density at radius 1 is 1.08 bits per heavy atom. The highest BCUT2D eigenvalue weighted by Crippen LogP contribution is 2.36. The summed E-state index contributed by atoms with van der Waals surface area (Å²) >= 11 is 1.19. The Labute approximate surface area is 211 Å². The standard InChI is InChI=1S/C18H15N5O4S2.C4H11NO2/c1-9-3-8-13-15(16(9)29(25,26)27)28-18(19-13)11-4-6-12(7-5-11)21-22-14-10(2)20-23-17(14)24;6-3-1-5-2-4-7/h3-8,14H,1-2H3,(H,23,24)(H,25,26,27);5-7H,1-4H2. The highest BCUT2D eigenvalue weighted by Gasteiger charge is 2.26. The minimum atomic E-state index is -4.36. The fourth-order valence-corrected chi connectivity index (χ4v) is 5.50. The third kappa shape index (κ3) is 6.75. The SMILES string of the molecule is CC1=NNC(=O)C1N=Nc1ccc(-c2nc3ccc(C)c(S(=O)(=O)O)c3s2)cc1.OCCNCCO. The number of rotatable bonds is 8. The number of azo groups is 1. The molecular formula is C22H26N6O6S2. The van der Waals surface area contributed by atoms with Crippen LogP contribution in [0.4, 0.5) is 5.69 Å². The zero-order chi connectivity index (χ0) is 26.3. The molecule has 1 amide bonds. The number of aliphatic hydroxyl groups excluding tert-OH is 2. The zero-order valence-corrected chi connectivity index (χ0v) is 21.2. The first-order valence-corrected chi connectivity index (χ1v) is 13.1. The molecule has 0 radical (unpaired) electrons. The number of aryl methyl sites for hydroxylation is 1. The molecule has 14 heteroatoms. The van der Waals surface area contributed by atoms with Crippen LogP contribution in [0.25, 0.3) is 20.8 Å². The van der Waals surface area contributed by atoms with Crippen LogP contribution in [0, 0.1) is 6.92 Å². The molecule has 1 aromatic heterocycles. The smallest absolute Gasteiger partial charge is 0.296 e. The third-order valence-electron chi connectivity index (χ3n) is 4.93. The van der Waals surface area contributed by atoms with Crippen molar-refractivity contribution in [2.24, 2.45) is 15.3 Å². The topological polar surface area (TPSA) is 186 Å². The molecule has 0 fully saturated rings. The number of nitrogens with one attached hydrogen (secondary N) is 2. The second-order valence-corrected chi connectivity index (χ2v) is 10.0. The lowest BCUT2D eigenvalue weighted by atomic mass is 10.2. The van der Waals surface area contributed by atoms with Crippen LogP contribution < -0.4 is 10.7 Å². The van der Waals surface area contributed by atoms with Crippen molar-refractivity contribution in [2.75, 3.05) is 26.3 Å². The number of carbonyl (C=O) groups is 1. The van der Waals surface area contributed by atoms with Crippen LogP contribution in [0.2, 0.25) is 0 Å². The van der Waals surface area contributed by atoms with Gasteiger partial charge in [0, 0.05) is 18.7 Å². The van der Waals surface area contributed by atoms with Crippen LogP contribution in [0.15, 0.2) is 56.6 Å². The summed E-state index contributed by atoms with van der Waals surface area (Å²) < 4.78 is 33.5. The molecule has 4 rings (SSSR count). The number of nitrogens with zero attached hydrogens (tertiary/aromatic N) is 4. The van der Waals surface area contributed by atoms with Crippen LogP contribution in [0.1, 0.15) is 12.5 Å². The van der Waals surface area contributed by atoms with Crippen molar-refractivity contribution in [3.05, 3.63) is 42.0 Å². The van der Waals surface area contributed by atoms with Gasteiger partial charge in [-0.3, -0.25) is 9.35 Å². The number of hydrogen-bond acceptors (Lipinski definition) is 11. The van der Waals surface area contributed by atoms with Crippen LogP contribution in [0.5, 0.6) is 0 Å². The first kappa shape index (κ1) is 27.4. The van der Waals surface area contributed by atoms with Gasteiger partial charge >= 0.3 is 0 Å². The summed E-state index contributed by atoms with van der Waals surface area (Å²) in [4.78, 5) is 16.0. The predicted octanol–water partition coefficient (Wildman–Crippen LogP) is 2.04. The lowest BCUT2D eigenvalue weighted by molar-refractivity contribution is -0.120. The number of hydrazone groups is 1. The van der Waals surface area contributed by atoms with E-state index in [4.69, 9.17) is 10.2 Å². The van der Waals surface area contributed by atoms with Gasteiger partial charge in [-0.2, -0.15) is 23.7 Å². The van der Waals surface area contributed by atoms with E-state index < -0.39 is 16.2 Å². The second-order valence-electron chi connectivity index (χ2n) is 7.65. The van der Waals surface area contributed by atoms with Gasteiger partial charge in [0.05, 0.1) is 34.8 Å². The molecule has 3 aromatic rings. The zero-order valence-electron chi connectivity index (χ0n) is 19.5. The van der Waals surface area contributed by atoms with Gasteiger partial charge in [0.2, 0.25) is 0 Å². The molecule has 1 atom stereocenters. The Hall–Kier alpha value is -3.14. The summed E-state index contributed by atoms with van der Waals surface area (Å²) in [6.07, 6.45) is 0. The highest BCUT2D eigenvalue weighted by molar-refractivity contribution is 7.86. The molecule has 0 saturated carbocycles. The summed E-state index contributed by atoms with van der Waals surface area (Å²) in [5.41, 5.74) is 5.17. The highest BCUT2D eigenvalue weighted by atomic mass is 32.2.